The van der Waals surface area contributed by atoms with E-state index in [1.54, 1.807) is 5.56 Å². The Balaban J connectivity index is 2.52. The number of benzene rings is 2. The maximum absolute atomic E-state index is 2.50. The molecule has 0 spiro atoms. The van der Waals surface area contributed by atoms with Crippen LogP contribution >= 0.6 is 0 Å². The van der Waals surface area contributed by atoms with Crippen LogP contribution in [0.15, 0.2) is 42.5 Å². The molecule has 0 aliphatic heterocycles. The molecule has 1 heteroatoms. The van der Waals surface area contributed by atoms with Crippen LogP contribution in [0.2, 0.25) is 14.8 Å². The van der Waals surface area contributed by atoms with Crippen molar-refractivity contribution in [3.8, 4) is 0 Å². The summed E-state index contributed by atoms with van der Waals surface area (Å²) in [6, 6.07) is 15.4. The van der Waals surface area contributed by atoms with E-state index >= 15 is 0 Å². The Bertz CT molecular complexity index is 461. The molecule has 0 radical (unpaired) electrons. The summed E-state index contributed by atoms with van der Waals surface area (Å²) in [6.07, 6.45) is 0. The molecule has 0 heterocycles. The number of hydrogen-bond acceptors (Lipinski definition) is 0. The first-order valence-corrected chi connectivity index (χ1v) is 16.1. The van der Waals surface area contributed by atoms with Crippen molar-refractivity contribution in [2.24, 2.45) is 0 Å². The fourth-order valence-corrected chi connectivity index (χ4v) is 6.16. The predicted octanol–water partition coefficient (Wildman–Crippen LogP) is 4.26. The number of fused-ring (bicyclic) bond motifs is 1. The zero-order valence-electron chi connectivity index (χ0n) is 9.75. The minimum absolute atomic E-state index is 1.34. The van der Waals surface area contributed by atoms with Crippen LogP contribution in [0.5, 0.6) is 0 Å². The van der Waals surface area contributed by atoms with Crippen LogP contribution in [0.3, 0.4) is 0 Å². The standard InChI is InChI=1S/C11H9.3CH3.Sn/c1-9-5-4-7-10-6-2-3-8-11(9)10;;;;/h2-8H,1H2;3*1H3;. The second-order valence-corrected chi connectivity index (χ2v) is 21.0. The summed E-state index contributed by atoms with van der Waals surface area (Å²) in [6.45, 7) is 0. The molecule has 0 bridgehead atoms. The molecule has 0 nitrogen and oxygen atoms in total. The Morgan fingerprint density at radius 2 is 1.53 bits per heavy atom. The topological polar surface area (TPSA) is 0 Å². The van der Waals surface area contributed by atoms with Gasteiger partial charge in [-0.25, -0.2) is 0 Å². The zero-order valence-corrected chi connectivity index (χ0v) is 12.6. The van der Waals surface area contributed by atoms with E-state index in [0.717, 1.165) is 0 Å². The molecule has 2 aromatic rings. The van der Waals surface area contributed by atoms with Crippen molar-refractivity contribution in [3.63, 3.8) is 0 Å². The molecule has 15 heavy (non-hydrogen) atoms. The van der Waals surface area contributed by atoms with Crippen molar-refractivity contribution >= 4 is 29.1 Å². The first-order valence-electron chi connectivity index (χ1n) is 5.53. The molecule has 0 aromatic heterocycles. The molecule has 0 aliphatic carbocycles. The van der Waals surface area contributed by atoms with Crippen molar-refractivity contribution in [2.45, 2.75) is 19.3 Å². The van der Waals surface area contributed by atoms with Gasteiger partial charge in [-0.05, 0) is 0 Å². The molecule has 0 N–H and O–H groups in total. The van der Waals surface area contributed by atoms with E-state index in [4.69, 9.17) is 0 Å². The maximum atomic E-state index is 2.50. The van der Waals surface area contributed by atoms with Gasteiger partial charge in [0.15, 0.2) is 0 Å². The van der Waals surface area contributed by atoms with Gasteiger partial charge in [0.05, 0.1) is 0 Å². The number of hydrogen-bond donors (Lipinski definition) is 0. The van der Waals surface area contributed by atoms with Gasteiger partial charge in [0.1, 0.15) is 0 Å². The van der Waals surface area contributed by atoms with Gasteiger partial charge in [-0.3, -0.25) is 0 Å². The van der Waals surface area contributed by atoms with Gasteiger partial charge in [0, 0.05) is 0 Å². The first kappa shape index (κ1) is 11.0. The fourth-order valence-electron chi connectivity index (χ4n) is 2.02. The van der Waals surface area contributed by atoms with Crippen LogP contribution in [0.4, 0.5) is 0 Å². The third-order valence-electron chi connectivity index (χ3n) is 2.60. The van der Waals surface area contributed by atoms with Gasteiger partial charge in [-0.1, -0.05) is 0 Å². The summed E-state index contributed by atoms with van der Waals surface area (Å²) >= 11 is -1.71. The second kappa shape index (κ2) is 4.17. The minimum atomic E-state index is -1.71. The molecule has 0 amide bonds. The van der Waals surface area contributed by atoms with E-state index < -0.39 is 18.4 Å². The molecule has 2 rings (SSSR count). The van der Waals surface area contributed by atoms with Crippen LogP contribution in [-0.4, -0.2) is 18.4 Å². The summed E-state index contributed by atoms with van der Waals surface area (Å²) in [5.41, 5.74) is 1.55. The van der Waals surface area contributed by atoms with Gasteiger partial charge >= 0.3 is 96.4 Å². The van der Waals surface area contributed by atoms with E-state index in [9.17, 15) is 0 Å². The molecule has 0 aliphatic rings. The summed E-state index contributed by atoms with van der Waals surface area (Å²) in [5, 5.41) is 2.83. The van der Waals surface area contributed by atoms with Crippen LogP contribution < -0.4 is 0 Å². The monoisotopic (exact) mass is 306 g/mol. The summed E-state index contributed by atoms with van der Waals surface area (Å²) in [4.78, 5) is 7.49. The Hall–Kier alpha value is -0.501. The first-order chi connectivity index (χ1) is 7.06. The van der Waals surface area contributed by atoms with Crippen LogP contribution in [0.25, 0.3) is 10.8 Å². The quantitative estimate of drug-likeness (QED) is 0.727. The van der Waals surface area contributed by atoms with Gasteiger partial charge < -0.3 is 0 Å². The third kappa shape index (κ3) is 2.75. The zero-order chi connectivity index (χ0) is 10.9. The van der Waals surface area contributed by atoms with Gasteiger partial charge in [0.25, 0.3) is 0 Å². The van der Waals surface area contributed by atoms with Crippen LogP contribution in [-0.2, 0) is 4.44 Å². The molecular formula is C14H18Sn. The van der Waals surface area contributed by atoms with E-state index in [2.05, 4.69) is 57.3 Å². The molecule has 0 saturated heterocycles. The molecule has 0 saturated carbocycles. The van der Waals surface area contributed by atoms with Gasteiger partial charge in [-0.15, -0.1) is 0 Å². The van der Waals surface area contributed by atoms with Crippen molar-refractivity contribution in [3.05, 3.63) is 48.0 Å². The van der Waals surface area contributed by atoms with Crippen LogP contribution in [0, 0.1) is 0 Å². The Morgan fingerprint density at radius 3 is 2.27 bits per heavy atom. The molecule has 78 valence electrons. The molecule has 0 atom stereocenters. The SMILES string of the molecule is [CH3][Sn]([CH3])([CH3])[CH2]c1cccc2ccccc12. The Kier molecular flexibility index (Phi) is 3.05. The molecule has 0 fully saturated rings. The average Bonchev–Trinajstić information content (AvgIpc) is 2.16. The van der Waals surface area contributed by atoms with E-state index in [-0.39, 0.29) is 0 Å². The normalized spacial score (nSPS) is 11.9. The van der Waals surface area contributed by atoms with Crippen molar-refractivity contribution < 1.29 is 0 Å². The van der Waals surface area contributed by atoms with Gasteiger partial charge in [0.2, 0.25) is 0 Å². The third-order valence-corrected chi connectivity index (χ3v) is 6.72. The number of rotatable bonds is 2. The summed E-state index contributed by atoms with van der Waals surface area (Å²) < 4.78 is 1.34. The summed E-state index contributed by atoms with van der Waals surface area (Å²) in [5.74, 6) is 0. The van der Waals surface area contributed by atoms with Gasteiger partial charge in [-0.2, -0.15) is 0 Å². The molecular weight excluding hydrogens is 287 g/mol. The van der Waals surface area contributed by atoms with Crippen molar-refractivity contribution in [1.29, 1.82) is 0 Å². The Labute approximate surface area is 96.2 Å². The predicted molar refractivity (Wildman–Crippen MR) is 71.0 cm³/mol. The van der Waals surface area contributed by atoms with E-state index in [0.29, 0.717) is 0 Å². The summed E-state index contributed by atoms with van der Waals surface area (Å²) in [7, 11) is 0. The van der Waals surface area contributed by atoms with Crippen LogP contribution in [0.1, 0.15) is 5.56 Å². The Morgan fingerprint density at radius 1 is 0.867 bits per heavy atom. The van der Waals surface area contributed by atoms with Crippen molar-refractivity contribution in [1.82, 2.24) is 0 Å². The average molecular weight is 305 g/mol. The second-order valence-electron chi connectivity index (χ2n) is 5.38. The molecule has 2 aromatic carbocycles. The molecule has 0 unspecified atom stereocenters. The fraction of sp³-hybridized carbons (Fsp3) is 0.286. The van der Waals surface area contributed by atoms with E-state index in [1.807, 2.05) is 0 Å². The van der Waals surface area contributed by atoms with E-state index in [1.165, 1.54) is 15.2 Å². The van der Waals surface area contributed by atoms with Crippen molar-refractivity contribution in [2.75, 3.05) is 0 Å².